The summed E-state index contributed by atoms with van der Waals surface area (Å²) in [5, 5.41) is 12.3. The maximum Gasteiger partial charge on any atom is 0.307 e. The fraction of sp³-hybridized carbons (Fsp3) is 0.812. The van der Waals surface area contributed by atoms with E-state index in [1.165, 1.54) is 0 Å². The number of carbonyl (C=O) groups is 3. The molecule has 2 saturated carbocycles. The standard InChI is InChI=1S/C16H24N2O4/c19-12-3-1-7-18(12)8-2-6-17-15(20)13-10-4-5-11(9-10)14(13)16(21)22/h10-11,13-14H,1-9H2,(H,17,20)(H,21,22)/t10-,11+,13-,14+/m1/s1. The molecule has 1 aliphatic heterocycles. The third kappa shape index (κ3) is 2.83. The highest BCUT2D eigenvalue weighted by Crippen LogP contribution is 2.52. The van der Waals surface area contributed by atoms with Crippen molar-refractivity contribution >= 4 is 17.8 Å². The van der Waals surface area contributed by atoms with Crippen LogP contribution in [0.4, 0.5) is 0 Å². The third-order valence-electron chi connectivity index (χ3n) is 5.58. The van der Waals surface area contributed by atoms with Gasteiger partial charge in [0.05, 0.1) is 11.8 Å². The molecule has 22 heavy (non-hydrogen) atoms. The van der Waals surface area contributed by atoms with Crippen molar-refractivity contribution in [3.05, 3.63) is 0 Å². The lowest BCUT2D eigenvalue weighted by molar-refractivity contribution is -0.149. The molecule has 6 heteroatoms. The molecule has 0 aromatic heterocycles. The molecule has 1 saturated heterocycles. The number of hydrogen-bond donors (Lipinski definition) is 2. The van der Waals surface area contributed by atoms with Crippen molar-refractivity contribution in [2.75, 3.05) is 19.6 Å². The zero-order valence-electron chi connectivity index (χ0n) is 12.8. The van der Waals surface area contributed by atoms with E-state index in [1.54, 1.807) is 0 Å². The maximum atomic E-state index is 12.4. The fourth-order valence-electron chi connectivity index (χ4n) is 4.56. The number of aliphatic carboxylic acids is 1. The Hall–Kier alpha value is -1.59. The average Bonchev–Trinajstić information content (AvgIpc) is 3.18. The zero-order chi connectivity index (χ0) is 15.7. The Labute approximate surface area is 130 Å². The van der Waals surface area contributed by atoms with E-state index in [1.807, 2.05) is 4.90 Å². The minimum absolute atomic E-state index is 0.104. The van der Waals surface area contributed by atoms with E-state index in [4.69, 9.17) is 0 Å². The maximum absolute atomic E-state index is 12.4. The average molecular weight is 308 g/mol. The molecule has 3 fully saturated rings. The summed E-state index contributed by atoms with van der Waals surface area (Å²) in [6.45, 7) is 2.02. The second kappa shape index (κ2) is 6.26. The number of rotatable bonds is 6. The lowest BCUT2D eigenvalue weighted by atomic mass is 9.78. The van der Waals surface area contributed by atoms with Crippen LogP contribution >= 0.6 is 0 Å². The first-order chi connectivity index (χ1) is 10.6. The molecule has 2 N–H and O–H groups in total. The third-order valence-corrected chi connectivity index (χ3v) is 5.58. The van der Waals surface area contributed by atoms with Crippen LogP contribution in [0.2, 0.25) is 0 Å². The first-order valence-corrected chi connectivity index (χ1v) is 8.36. The molecule has 3 rings (SSSR count). The van der Waals surface area contributed by atoms with Gasteiger partial charge >= 0.3 is 5.97 Å². The van der Waals surface area contributed by atoms with Gasteiger partial charge in [-0.25, -0.2) is 0 Å². The molecule has 1 heterocycles. The number of nitrogens with zero attached hydrogens (tertiary/aromatic N) is 1. The fourth-order valence-corrected chi connectivity index (χ4v) is 4.56. The SMILES string of the molecule is O=C(NCCCN1CCCC1=O)[C@@H]1[C@@H]2CC[C@@H](C2)[C@@H]1C(=O)O. The first kappa shape index (κ1) is 15.3. The number of carbonyl (C=O) groups excluding carboxylic acids is 2. The molecule has 6 nitrogen and oxygen atoms in total. The lowest BCUT2D eigenvalue weighted by Gasteiger charge is -2.27. The van der Waals surface area contributed by atoms with Gasteiger partial charge in [-0.15, -0.1) is 0 Å². The smallest absolute Gasteiger partial charge is 0.307 e. The van der Waals surface area contributed by atoms with Gasteiger partial charge in [0.1, 0.15) is 0 Å². The Bertz CT molecular complexity index is 479. The van der Waals surface area contributed by atoms with Crippen LogP contribution < -0.4 is 5.32 Å². The van der Waals surface area contributed by atoms with Crippen molar-refractivity contribution in [2.45, 2.75) is 38.5 Å². The second-order valence-electron chi connectivity index (χ2n) is 6.85. The van der Waals surface area contributed by atoms with Crippen LogP contribution in [0.5, 0.6) is 0 Å². The predicted octanol–water partition coefficient (Wildman–Crippen LogP) is 0.862. The molecule has 0 aromatic rings. The molecule has 2 bridgehead atoms. The van der Waals surface area contributed by atoms with Gasteiger partial charge < -0.3 is 15.3 Å². The van der Waals surface area contributed by atoms with Crippen LogP contribution in [0.3, 0.4) is 0 Å². The molecular weight excluding hydrogens is 284 g/mol. The van der Waals surface area contributed by atoms with Crippen molar-refractivity contribution in [3.8, 4) is 0 Å². The predicted molar refractivity (Wildman–Crippen MR) is 78.9 cm³/mol. The molecule has 0 spiro atoms. The van der Waals surface area contributed by atoms with E-state index in [0.717, 1.165) is 38.6 Å². The molecule has 2 aliphatic carbocycles. The summed E-state index contributed by atoms with van der Waals surface area (Å²) in [6, 6.07) is 0. The summed E-state index contributed by atoms with van der Waals surface area (Å²) < 4.78 is 0. The molecule has 3 aliphatic rings. The zero-order valence-corrected chi connectivity index (χ0v) is 12.8. The van der Waals surface area contributed by atoms with Crippen molar-refractivity contribution in [1.82, 2.24) is 10.2 Å². The molecular formula is C16H24N2O4. The van der Waals surface area contributed by atoms with Gasteiger partial charge in [0.2, 0.25) is 11.8 Å². The van der Waals surface area contributed by atoms with Crippen LogP contribution in [-0.2, 0) is 14.4 Å². The van der Waals surface area contributed by atoms with Gasteiger partial charge in [-0.2, -0.15) is 0 Å². The van der Waals surface area contributed by atoms with E-state index in [-0.39, 0.29) is 29.6 Å². The summed E-state index contributed by atoms with van der Waals surface area (Å²) in [7, 11) is 0. The number of carboxylic acids is 1. The molecule has 2 amide bonds. The molecule has 0 radical (unpaired) electrons. The Morgan fingerprint density at radius 2 is 1.95 bits per heavy atom. The van der Waals surface area contributed by atoms with Crippen LogP contribution in [0.15, 0.2) is 0 Å². The van der Waals surface area contributed by atoms with Crippen LogP contribution in [0.25, 0.3) is 0 Å². The highest BCUT2D eigenvalue weighted by Gasteiger charge is 2.53. The van der Waals surface area contributed by atoms with Gasteiger partial charge in [-0.3, -0.25) is 14.4 Å². The van der Waals surface area contributed by atoms with Crippen molar-refractivity contribution in [1.29, 1.82) is 0 Å². The first-order valence-electron chi connectivity index (χ1n) is 8.36. The Morgan fingerprint density at radius 3 is 2.59 bits per heavy atom. The number of fused-ring (bicyclic) bond motifs is 2. The van der Waals surface area contributed by atoms with Gasteiger partial charge in [-0.05, 0) is 43.9 Å². The highest BCUT2D eigenvalue weighted by molar-refractivity contribution is 5.86. The van der Waals surface area contributed by atoms with Crippen LogP contribution in [0, 0.1) is 23.7 Å². The van der Waals surface area contributed by atoms with Crippen molar-refractivity contribution in [3.63, 3.8) is 0 Å². The highest BCUT2D eigenvalue weighted by atomic mass is 16.4. The largest absolute Gasteiger partial charge is 0.481 e. The summed E-state index contributed by atoms with van der Waals surface area (Å²) in [6.07, 6.45) is 5.11. The molecule has 0 aromatic carbocycles. The second-order valence-corrected chi connectivity index (χ2v) is 6.85. The van der Waals surface area contributed by atoms with E-state index >= 15 is 0 Å². The van der Waals surface area contributed by atoms with E-state index in [9.17, 15) is 19.5 Å². The Balaban J connectivity index is 1.45. The number of likely N-dealkylation sites (tertiary alicyclic amines) is 1. The topological polar surface area (TPSA) is 86.7 Å². The number of nitrogens with one attached hydrogen (secondary N) is 1. The number of amides is 2. The molecule has 122 valence electrons. The summed E-state index contributed by atoms with van der Waals surface area (Å²) in [5.74, 6) is -1.16. The lowest BCUT2D eigenvalue weighted by Crippen LogP contribution is -2.42. The number of carboxylic acid groups (broad SMARTS) is 1. The molecule has 0 unspecified atom stereocenters. The minimum atomic E-state index is -0.824. The van der Waals surface area contributed by atoms with Crippen molar-refractivity contribution in [2.24, 2.45) is 23.7 Å². The van der Waals surface area contributed by atoms with Gasteiger partial charge in [0.15, 0.2) is 0 Å². The summed E-state index contributed by atoms with van der Waals surface area (Å²) >= 11 is 0. The van der Waals surface area contributed by atoms with E-state index < -0.39 is 11.9 Å². The van der Waals surface area contributed by atoms with Crippen LogP contribution in [-0.4, -0.2) is 47.4 Å². The molecule has 4 atom stereocenters. The van der Waals surface area contributed by atoms with Gasteiger partial charge in [-0.1, -0.05) is 0 Å². The Kier molecular flexibility index (Phi) is 4.36. The van der Waals surface area contributed by atoms with Gasteiger partial charge in [0.25, 0.3) is 0 Å². The monoisotopic (exact) mass is 308 g/mol. The van der Waals surface area contributed by atoms with E-state index in [2.05, 4.69) is 5.32 Å². The van der Waals surface area contributed by atoms with Crippen molar-refractivity contribution < 1.29 is 19.5 Å². The number of hydrogen-bond acceptors (Lipinski definition) is 3. The minimum Gasteiger partial charge on any atom is -0.481 e. The van der Waals surface area contributed by atoms with Gasteiger partial charge in [0, 0.05) is 26.1 Å². The quantitative estimate of drug-likeness (QED) is 0.713. The van der Waals surface area contributed by atoms with Crippen LogP contribution in [0.1, 0.15) is 38.5 Å². The summed E-state index contributed by atoms with van der Waals surface area (Å²) in [5.41, 5.74) is 0. The van der Waals surface area contributed by atoms with E-state index in [0.29, 0.717) is 19.5 Å². The normalized spacial score (nSPS) is 33.5. The summed E-state index contributed by atoms with van der Waals surface area (Å²) in [4.78, 5) is 37.1. The Morgan fingerprint density at radius 1 is 1.23 bits per heavy atom.